The lowest BCUT2D eigenvalue weighted by molar-refractivity contribution is 0.148. The van der Waals surface area contributed by atoms with Gasteiger partial charge < -0.3 is 10.2 Å². The first-order valence-corrected chi connectivity index (χ1v) is 10.7. The highest BCUT2D eigenvalue weighted by Gasteiger charge is 2.37. The Kier molecular flexibility index (Phi) is 4.45. The van der Waals surface area contributed by atoms with Crippen molar-refractivity contribution in [1.29, 1.82) is 0 Å². The van der Waals surface area contributed by atoms with E-state index in [1.165, 1.54) is 19.3 Å². The van der Waals surface area contributed by atoms with Crippen LogP contribution in [0.5, 0.6) is 0 Å². The predicted molar refractivity (Wildman–Crippen MR) is 95.9 cm³/mol. The van der Waals surface area contributed by atoms with Crippen molar-refractivity contribution in [2.75, 3.05) is 11.9 Å². The number of amides is 2. The van der Waals surface area contributed by atoms with Crippen LogP contribution in [0.25, 0.3) is 0 Å². The predicted octanol–water partition coefficient (Wildman–Crippen LogP) is 2.92. The minimum atomic E-state index is -3.45. The summed E-state index contributed by atoms with van der Waals surface area (Å²) in [6.07, 6.45) is 7.73. The molecule has 2 N–H and O–H groups in total. The molecule has 2 aliphatic carbocycles. The quantitative estimate of drug-likeness (QED) is 0.844. The third-order valence-corrected chi connectivity index (χ3v) is 7.11. The van der Waals surface area contributed by atoms with E-state index < -0.39 is 10.0 Å². The summed E-state index contributed by atoms with van der Waals surface area (Å²) >= 11 is 0. The number of sulfonamides is 1. The van der Waals surface area contributed by atoms with Gasteiger partial charge in [-0.15, -0.1) is 0 Å². The number of nitrogens with zero attached hydrogens (tertiary/aromatic N) is 1. The van der Waals surface area contributed by atoms with E-state index in [-0.39, 0.29) is 17.0 Å². The van der Waals surface area contributed by atoms with Crippen LogP contribution < -0.4 is 10.0 Å². The SMILES string of the molecule is O=C(Nc1ccc(S(=O)(=O)NC2CC2)cc1)N1CCCC1C1CCC1. The Balaban J connectivity index is 1.39. The molecule has 7 heteroatoms. The van der Waals surface area contributed by atoms with E-state index >= 15 is 0 Å². The van der Waals surface area contributed by atoms with Crippen molar-refractivity contribution in [3.63, 3.8) is 0 Å². The highest BCUT2D eigenvalue weighted by atomic mass is 32.2. The molecule has 1 aromatic rings. The Hall–Kier alpha value is -1.60. The largest absolute Gasteiger partial charge is 0.322 e. The molecule has 2 amide bonds. The number of carbonyl (C=O) groups excluding carboxylic acids is 1. The maximum Gasteiger partial charge on any atom is 0.322 e. The Bertz CT molecular complexity index is 739. The molecule has 0 aromatic heterocycles. The van der Waals surface area contributed by atoms with E-state index in [0.29, 0.717) is 17.6 Å². The van der Waals surface area contributed by atoms with Gasteiger partial charge in [0.05, 0.1) is 4.90 Å². The molecule has 6 nitrogen and oxygen atoms in total. The lowest BCUT2D eigenvalue weighted by atomic mass is 9.79. The van der Waals surface area contributed by atoms with Crippen molar-refractivity contribution in [1.82, 2.24) is 9.62 Å². The number of nitrogens with one attached hydrogen (secondary N) is 2. The molecule has 4 rings (SSSR count). The molecular weight excluding hydrogens is 338 g/mol. The molecule has 1 unspecified atom stereocenters. The zero-order valence-electron chi connectivity index (χ0n) is 14.3. The number of anilines is 1. The van der Waals surface area contributed by atoms with Gasteiger partial charge in [0.1, 0.15) is 0 Å². The lowest BCUT2D eigenvalue weighted by Crippen LogP contribution is -2.44. The molecule has 0 spiro atoms. The highest BCUT2D eigenvalue weighted by Crippen LogP contribution is 2.37. The van der Waals surface area contributed by atoms with Crippen LogP contribution in [-0.2, 0) is 10.0 Å². The van der Waals surface area contributed by atoms with Crippen molar-refractivity contribution in [3.05, 3.63) is 24.3 Å². The number of carbonyl (C=O) groups is 1. The van der Waals surface area contributed by atoms with Gasteiger partial charge in [-0.1, -0.05) is 6.42 Å². The van der Waals surface area contributed by atoms with Gasteiger partial charge in [-0.05, 0) is 68.7 Å². The van der Waals surface area contributed by atoms with Crippen LogP contribution in [0, 0.1) is 5.92 Å². The van der Waals surface area contributed by atoms with Crippen LogP contribution in [0.15, 0.2) is 29.2 Å². The maximum absolute atomic E-state index is 12.6. The van der Waals surface area contributed by atoms with E-state index in [1.807, 2.05) is 4.90 Å². The van der Waals surface area contributed by atoms with Crippen molar-refractivity contribution in [2.45, 2.75) is 61.9 Å². The lowest BCUT2D eigenvalue weighted by Gasteiger charge is -2.36. The molecule has 0 bridgehead atoms. The summed E-state index contributed by atoms with van der Waals surface area (Å²) in [6.45, 7) is 0.810. The van der Waals surface area contributed by atoms with Gasteiger partial charge in [0.15, 0.2) is 0 Å². The number of urea groups is 1. The average molecular weight is 363 g/mol. The standard InChI is InChI=1S/C18H25N3O3S/c22-18(21-12-2-5-17(21)13-3-1-4-13)19-14-8-10-16(11-9-14)25(23,24)20-15-6-7-15/h8-11,13,15,17,20H,1-7,12H2,(H,19,22). The molecule has 1 saturated heterocycles. The molecule has 25 heavy (non-hydrogen) atoms. The topological polar surface area (TPSA) is 78.5 Å². The fourth-order valence-corrected chi connectivity index (χ4v) is 5.07. The van der Waals surface area contributed by atoms with Gasteiger partial charge >= 0.3 is 6.03 Å². The molecule has 1 heterocycles. The summed E-state index contributed by atoms with van der Waals surface area (Å²) in [5, 5.41) is 2.92. The summed E-state index contributed by atoms with van der Waals surface area (Å²) in [6, 6.07) is 6.81. The molecule has 3 aliphatic rings. The number of likely N-dealkylation sites (tertiary alicyclic amines) is 1. The summed E-state index contributed by atoms with van der Waals surface area (Å²) < 4.78 is 27.0. The van der Waals surface area contributed by atoms with Crippen LogP contribution >= 0.6 is 0 Å². The average Bonchev–Trinajstić information content (AvgIpc) is 3.20. The van der Waals surface area contributed by atoms with E-state index in [0.717, 1.165) is 32.2 Å². The first kappa shape index (κ1) is 16.8. The Morgan fingerprint density at radius 3 is 2.32 bits per heavy atom. The van der Waals surface area contributed by atoms with E-state index in [4.69, 9.17) is 0 Å². The molecule has 2 saturated carbocycles. The van der Waals surface area contributed by atoms with Crippen LogP contribution in [0.1, 0.15) is 44.9 Å². The molecule has 136 valence electrons. The van der Waals surface area contributed by atoms with Crippen molar-refractivity contribution in [3.8, 4) is 0 Å². The highest BCUT2D eigenvalue weighted by molar-refractivity contribution is 7.89. The first-order chi connectivity index (χ1) is 12.0. The second kappa shape index (κ2) is 6.61. The summed E-state index contributed by atoms with van der Waals surface area (Å²) in [7, 11) is -3.45. The van der Waals surface area contributed by atoms with Crippen LogP contribution in [0.2, 0.25) is 0 Å². The zero-order chi connectivity index (χ0) is 17.4. The summed E-state index contributed by atoms with van der Waals surface area (Å²) in [4.78, 5) is 14.8. The smallest absolute Gasteiger partial charge is 0.321 e. The number of benzene rings is 1. The van der Waals surface area contributed by atoms with Crippen molar-refractivity contribution in [2.24, 2.45) is 5.92 Å². The van der Waals surface area contributed by atoms with Gasteiger partial charge in [-0.25, -0.2) is 17.9 Å². The van der Waals surface area contributed by atoms with E-state index in [1.54, 1.807) is 24.3 Å². The van der Waals surface area contributed by atoms with Gasteiger partial charge in [-0.2, -0.15) is 0 Å². The summed E-state index contributed by atoms with van der Waals surface area (Å²) in [5.74, 6) is 0.661. The minimum absolute atomic E-state index is 0.0684. The molecule has 1 aliphatic heterocycles. The molecule has 3 fully saturated rings. The summed E-state index contributed by atoms with van der Waals surface area (Å²) in [5.41, 5.74) is 0.634. The van der Waals surface area contributed by atoms with Crippen LogP contribution in [0.3, 0.4) is 0 Å². The number of rotatable bonds is 5. The molecular formula is C18H25N3O3S. The monoisotopic (exact) mass is 363 g/mol. The third kappa shape index (κ3) is 3.67. The maximum atomic E-state index is 12.6. The third-order valence-electron chi connectivity index (χ3n) is 5.57. The van der Waals surface area contributed by atoms with Gasteiger partial charge in [-0.3, -0.25) is 0 Å². The van der Waals surface area contributed by atoms with Crippen LogP contribution in [-0.4, -0.2) is 38.0 Å². The first-order valence-electron chi connectivity index (χ1n) is 9.23. The second-order valence-electron chi connectivity index (χ2n) is 7.44. The van der Waals surface area contributed by atoms with E-state index in [2.05, 4.69) is 10.0 Å². The normalized spacial score (nSPS) is 24.2. The van der Waals surface area contributed by atoms with Gasteiger partial charge in [0.25, 0.3) is 0 Å². The molecule has 0 radical (unpaired) electrons. The Labute approximate surface area is 149 Å². The fourth-order valence-electron chi connectivity index (χ4n) is 3.76. The molecule has 1 aromatic carbocycles. The van der Waals surface area contributed by atoms with Gasteiger partial charge in [0.2, 0.25) is 10.0 Å². The second-order valence-corrected chi connectivity index (χ2v) is 9.16. The van der Waals surface area contributed by atoms with Crippen LogP contribution in [0.4, 0.5) is 10.5 Å². The number of hydrogen-bond acceptors (Lipinski definition) is 3. The zero-order valence-corrected chi connectivity index (χ0v) is 15.1. The minimum Gasteiger partial charge on any atom is -0.321 e. The van der Waals surface area contributed by atoms with Crippen molar-refractivity contribution >= 4 is 21.7 Å². The number of hydrogen-bond donors (Lipinski definition) is 2. The molecule has 1 atom stereocenters. The van der Waals surface area contributed by atoms with Crippen molar-refractivity contribution < 1.29 is 13.2 Å². The Morgan fingerprint density at radius 2 is 1.72 bits per heavy atom. The Morgan fingerprint density at radius 1 is 1.00 bits per heavy atom. The van der Waals surface area contributed by atoms with E-state index in [9.17, 15) is 13.2 Å². The fraction of sp³-hybridized carbons (Fsp3) is 0.611. The van der Waals surface area contributed by atoms with Gasteiger partial charge in [0, 0.05) is 24.3 Å².